The van der Waals surface area contributed by atoms with Crippen LogP contribution in [0.5, 0.6) is 0 Å². The summed E-state index contributed by atoms with van der Waals surface area (Å²) in [5.74, 6) is -0.897. The molecule has 4 N–H and O–H groups in total. The molecule has 1 aromatic carbocycles. The maximum Gasteiger partial charge on any atom is 0.330 e. The van der Waals surface area contributed by atoms with Crippen LogP contribution < -0.4 is 16.4 Å². The molecule has 0 saturated carbocycles. The second kappa shape index (κ2) is 14.5. The molecule has 13 heteroatoms. The number of rotatable bonds is 8. The van der Waals surface area contributed by atoms with E-state index in [1.165, 1.54) is 36.5 Å². The largest absolute Gasteiger partial charge is 0.468 e. The Morgan fingerprint density at radius 1 is 0.900 bits per heavy atom. The van der Waals surface area contributed by atoms with Gasteiger partial charge in [-0.3, -0.25) is 4.79 Å². The van der Waals surface area contributed by atoms with Gasteiger partial charge in [0.2, 0.25) is 0 Å². The van der Waals surface area contributed by atoms with Gasteiger partial charge in [-0.2, -0.15) is 0 Å². The molecule has 2 unspecified atom stereocenters. The Bertz CT molecular complexity index is 1250. The van der Waals surface area contributed by atoms with Crippen molar-refractivity contribution in [3.8, 4) is 0 Å². The zero-order valence-corrected chi connectivity index (χ0v) is 23.5. The molecule has 5 rings (SSSR count). The van der Waals surface area contributed by atoms with Crippen molar-refractivity contribution in [2.75, 3.05) is 19.5 Å². The van der Waals surface area contributed by atoms with Crippen LogP contribution in [0.4, 0.5) is 10.5 Å². The van der Waals surface area contributed by atoms with Gasteiger partial charge in [-0.1, -0.05) is 6.07 Å². The van der Waals surface area contributed by atoms with Gasteiger partial charge in [0.25, 0.3) is 0 Å². The first-order chi connectivity index (χ1) is 18.9. The van der Waals surface area contributed by atoms with Crippen molar-refractivity contribution in [1.29, 1.82) is 0 Å². The summed E-state index contributed by atoms with van der Waals surface area (Å²) in [6, 6.07) is 0.544. The average Bonchev–Trinajstić information content (AvgIpc) is 3.75. The number of imidazole rings is 2. The molecule has 2 atom stereocenters. The normalized spacial score (nSPS) is 14.4. The number of methoxy groups -OCH3 is 2. The zero-order chi connectivity index (χ0) is 27.8. The lowest BCUT2D eigenvalue weighted by atomic mass is 9.99. The van der Waals surface area contributed by atoms with Gasteiger partial charge >= 0.3 is 18.0 Å². The highest BCUT2D eigenvalue weighted by Gasteiger charge is 2.27. The second-order valence-corrected chi connectivity index (χ2v) is 9.56. The van der Waals surface area contributed by atoms with E-state index in [0.29, 0.717) is 6.54 Å². The van der Waals surface area contributed by atoms with E-state index in [2.05, 4.69) is 31.4 Å². The van der Waals surface area contributed by atoms with Gasteiger partial charge < -0.3 is 35.0 Å². The molecule has 0 spiro atoms. The Morgan fingerprint density at radius 3 is 1.95 bits per heavy atom. The first-order valence-corrected chi connectivity index (χ1v) is 13.0. The van der Waals surface area contributed by atoms with Crippen molar-refractivity contribution in [3.05, 3.63) is 65.8 Å². The number of nitrogens with one attached hydrogen (secondary N) is 2. The molecule has 2 heterocycles. The molecule has 0 fully saturated rings. The van der Waals surface area contributed by atoms with E-state index in [-0.39, 0.29) is 25.0 Å². The topological polar surface area (TPSA) is 155 Å². The third-order valence-electron chi connectivity index (χ3n) is 6.93. The molecular formula is C27H36ClN7O5. The number of urea groups is 1. The molecule has 3 aromatic rings. The summed E-state index contributed by atoms with van der Waals surface area (Å²) in [7, 11) is 2.63. The number of ether oxygens (including phenoxy) is 2. The van der Waals surface area contributed by atoms with Crippen LogP contribution in [-0.2, 0) is 57.8 Å². The number of carbonyl (C=O) groups is 3. The van der Waals surface area contributed by atoms with E-state index in [0.717, 1.165) is 44.2 Å². The first kappa shape index (κ1) is 30.6. The van der Waals surface area contributed by atoms with Crippen molar-refractivity contribution in [2.24, 2.45) is 5.73 Å². The molecule has 40 heavy (non-hydrogen) atoms. The number of aromatic nitrogens is 4. The fourth-order valence-corrected chi connectivity index (χ4v) is 5.05. The lowest BCUT2D eigenvalue weighted by Gasteiger charge is -2.20. The van der Waals surface area contributed by atoms with Crippen LogP contribution in [0.1, 0.15) is 35.1 Å². The van der Waals surface area contributed by atoms with E-state index >= 15 is 0 Å². The zero-order valence-electron chi connectivity index (χ0n) is 22.7. The van der Waals surface area contributed by atoms with Crippen molar-refractivity contribution in [2.45, 2.75) is 63.7 Å². The van der Waals surface area contributed by atoms with E-state index < -0.39 is 24.0 Å². The van der Waals surface area contributed by atoms with E-state index in [1.54, 1.807) is 46.6 Å². The molecule has 2 aliphatic carbocycles. The third-order valence-corrected chi connectivity index (χ3v) is 6.93. The van der Waals surface area contributed by atoms with Gasteiger partial charge in [-0.25, -0.2) is 19.6 Å². The lowest BCUT2D eigenvalue weighted by molar-refractivity contribution is -0.143. The molecule has 0 saturated heterocycles. The minimum atomic E-state index is -0.783. The summed E-state index contributed by atoms with van der Waals surface area (Å²) in [6.07, 6.45) is 16.3. The highest BCUT2D eigenvalue weighted by atomic mass is 35.5. The number of halogens is 1. The van der Waals surface area contributed by atoms with E-state index in [4.69, 9.17) is 10.5 Å². The highest BCUT2D eigenvalue weighted by molar-refractivity contribution is 5.94. The van der Waals surface area contributed by atoms with Crippen LogP contribution in [0.2, 0.25) is 0 Å². The quantitative estimate of drug-likeness (QED) is 0.346. The number of benzene rings is 1. The van der Waals surface area contributed by atoms with Crippen LogP contribution in [-0.4, -0.2) is 63.4 Å². The number of fused-ring (bicyclic) bond motifs is 2. The van der Waals surface area contributed by atoms with Gasteiger partial charge in [0.05, 0.1) is 33.4 Å². The maximum atomic E-state index is 12.7. The van der Waals surface area contributed by atoms with Crippen LogP contribution in [0, 0.1) is 0 Å². The minimum Gasteiger partial charge on any atom is -0.468 e. The van der Waals surface area contributed by atoms with Crippen LogP contribution >= 0.6 is 12.4 Å². The Balaban J connectivity index is 0.000000287. The monoisotopic (exact) mass is 573 g/mol. The summed E-state index contributed by atoms with van der Waals surface area (Å²) in [4.78, 5) is 43.5. The van der Waals surface area contributed by atoms with Crippen LogP contribution in [0.25, 0.3) is 0 Å². The number of nitrogens with zero attached hydrogens (tertiary/aromatic N) is 4. The summed E-state index contributed by atoms with van der Waals surface area (Å²) >= 11 is 0. The molecule has 216 valence electrons. The Morgan fingerprint density at radius 2 is 1.45 bits per heavy atom. The standard InChI is InChI=1S/C20H24N4O3.C7H11N3O2.ClH/c1-27-19(25)17(11-24-9-8-21-12-24)22-20(26)23-18-15-6-2-4-13(15)10-14-5-3-7-16(14)18;1-12-7(11)6(8)4-10-3-2-9-5-10;/h8-10,12,17H,2-7,11H2,1H3,(H2,22,23,26);2-3,5-6H,4,8H2,1H3;1H. The van der Waals surface area contributed by atoms with E-state index in [1.807, 2.05) is 0 Å². The van der Waals surface area contributed by atoms with Gasteiger partial charge in [0, 0.05) is 37.0 Å². The fraction of sp³-hybridized carbons (Fsp3) is 0.444. The van der Waals surface area contributed by atoms with E-state index in [9.17, 15) is 14.4 Å². The molecule has 0 radical (unpaired) electrons. The van der Waals surface area contributed by atoms with Gasteiger partial charge in [0.1, 0.15) is 12.1 Å². The second-order valence-electron chi connectivity index (χ2n) is 9.56. The minimum absolute atomic E-state index is 0. The maximum absolute atomic E-state index is 12.7. The number of amides is 2. The molecule has 0 aliphatic heterocycles. The number of carbonyl (C=O) groups excluding carboxylic acids is 3. The van der Waals surface area contributed by atoms with Gasteiger partial charge in [-0.15, -0.1) is 12.4 Å². The molecular weight excluding hydrogens is 538 g/mol. The Hall–Kier alpha value is -3.90. The van der Waals surface area contributed by atoms with Crippen molar-refractivity contribution in [3.63, 3.8) is 0 Å². The highest BCUT2D eigenvalue weighted by Crippen LogP contribution is 2.38. The molecule has 12 nitrogen and oxygen atoms in total. The SMILES string of the molecule is COC(=O)C(Cn1ccnc1)NC(=O)Nc1c2c(cc3c1CCC3)CCC2.COC(=O)C(N)Cn1ccnc1.Cl. The summed E-state index contributed by atoms with van der Waals surface area (Å²) in [6.45, 7) is 0.664. The number of nitrogens with two attached hydrogens (primary N) is 1. The number of hydrogen-bond acceptors (Lipinski definition) is 8. The number of anilines is 1. The lowest BCUT2D eigenvalue weighted by Crippen LogP contribution is -2.46. The van der Waals surface area contributed by atoms with Crippen molar-refractivity contribution >= 4 is 36.1 Å². The summed E-state index contributed by atoms with van der Waals surface area (Å²) < 4.78 is 12.8. The smallest absolute Gasteiger partial charge is 0.330 e. The Labute approximate surface area is 239 Å². The number of hydrogen-bond donors (Lipinski definition) is 3. The summed E-state index contributed by atoms with van der Waals surface area (Å²) in [5.41, 5.74) is 11.7. The van der Waals surface area contributed by atoms with Crippen LogP contribution in [0.3, 0.4) is 0 Å². The predicted molar refractivity (Wildman–Crippen MR) is 150 cm³/mol. The first-order valence-electron chi connectivity index (χ1n) is 13.0. The predicted octanol–water partition coefficient (Wildman–Crippen LogP) is 2.03. The van der Waals surface area contributed by atoms with Gasteiger partial charge in [0.15, 0.2) is 0 Å². The number of esters is 2. The molecule has 2 aliphatic rings. The molecule has 2 amide bonds. The summed E-state index contributed by atoms with van der Waals surface area (Å²) in [5, 5.41) is 5.81. The average molecular weight is 574 g/mol. The fourth-order valence-electron chi connectivity index (χ4n) is 5.05. The molecule has 2 aromatic heterocycles. The van der Waals surface area contributed by atoms with Crippen molar-refractivity contribution in [1.82, 2.24) is 24.4 Å². The molecule has 0 bridgehead atoms. The van der Waals surface area contributed by atoms with Crippen molar-refractivity contribution < 1.29 is 23.9 Å². The Kier molecular flexibility index (Phi) is 11.1. The third kappa shape index (κ3) is 7.60. The van der Waals surface area contributed by atoms with Gasteiger partial charge in [-0.05, 0) is 60.8 Å². The van der Waals surface area contributed by atoms with Crippen LogP contribution in [0.15, 0.2) is 43.5 Å². The number of aryl methyl sites for hydroxylation is 2.